The zero-order chi connectivity index (χ0) is 10.3. The summed E-state index contributed by atoms with van der Waals surface area (Å²) in [7, 11) is 0. The molecule has 0 saturated heterocycles. The Balaban J connectivity index is 0. The van der Waals surface area contributed by atoms with Crippen LogP contribution >= 0.6 is 0 Å². The molecule has 0 fully saturated rings. The summed E-state index contributed by atoms with van der Waals surface area (Å²) in [6.45, 7) is 3.54. The number of esters is 2. The summed E-state index contributed by atoms with van der Waals surface area (Å²) in [6, 6.07) is 0. The third-order valence-corrected chi connectivity index (χ3v) is 1.03. The number of aliphatic hydroxyl groups is 1. The number of hydrogen-bond donors (Lipinski definition) is 1. The predicted octanol–water partition coefficient (Wildman–Crippen LogP) is 0.174. The Morgan fingerprint density at radius 3 is 2.14 bits per heavy atom. The fourth-order valence-corrected chi connectivity index (χ4v) is 0.560. The second-order valence-electron chi connectivity index (χ2n) is 2.00. The maximum atomic E-state index is 10.7. The molecule has 0 bridgehead atoms. The fourth-order valence-electron chi connectivity index (χ4n) is 0.560. The average molecular weight is 227 g/mol. The van der Waals surface area contributed by atoms with Gasteiger partial charge in [-0.2, -0.15) is 0 Å². The molecule has 0 aromatic carbocycles. The van der Waals surface area contributed by atoms with E-state index in [0.717, 1.165) is 0 Å². The summed E-state index contributed by atoms with van der Waals surface area (Å²) < 4.78 is 8.88. The summed E-state index contributed by atoms with van der Waals surface area (Å²) in [5, 5.41) is 8.93. The average Bonchev–Trinajstić information content (AvgIpc) is 2.05. The van der Waals surface area contributed by atoms with Crippen molar-refractivity contribution in [3.8, 4) is 0 Å². The second kappa shape index (κ2) is 9.66. The first-order chi connectivity index (χ1) is 6.11. The molecule has 75 valence electrons. The van der Waals surface area contributed by atoms with Crippen LogP contribution in [0.25, 0.3) is 0 Å². The normalized spacial score (nSPS) is 10.0. The van der Waals surface area contributed by atoms with Gasteiger partial charge in [0.05, 0.1) is 19.3 Å². The molecule has 0 aliphatic heterocycles. The predicted molar refractivity (Wildman–Crippen MR) is 49.7 cm³/mol. The Labute approximate surface area is 125 Å². The van der Waals surface area contributed by atoms with Gasteiger partial charge in [-0.1, -0.05) is 0 Å². The van der Waals surface area contributed by atoms with E-state index in [0.29, 0.717) is 6.08 Å². The zero-order valence-electron chi connectivity index (χ0n) is 8.57. The van der Waals surface area contributed by atoms with Crippen LogP contribution in [0.3, 0.4) is 0 Å². The van der Waals surface area contributed by atoms with Gasteiger partial charge >= 0.3 is 11.9 Å². The van der Waals surface area contributed by atoms with Crippen LogP contribution in [-0.4, -0.2) is 81.6 Å². The minimum atomic E-state index is -0.935. The number of aliphatic hydroxyl groups excluding tert-OH is 1. The van der Waals surface area contributed by atoms with Crippen molar-refractivity contribution >= 4 is 63.3 Å². The van der Waals surface area contributed by atoms with Gasteiger partial charge in [0.2, 0.25) is 5.76 Å². The summed E-state index contributed by atoms with van der Waals surface area (Å²) in [6.07, 6.45) is 0.682. The van der Waals surface area contributed by atoms with Gasteiger partial charge in [0.15, 0.2) is 0 Å². The molecular weight excluding hydrogens is 215 g/mol. The summed E-state index contributed by atoms with van der Waals surface area (Å²) in [5.74, 6) is -2.45. The molecule has 0 unspecified atom stereocenters. The van der Waals surface area contributed by atoms with E-state index in [4.69, 9.17) is 5.11 Å². The third kappa shape index (κ3) is 7.51. The van der Waals surface area contributed by atoms with Crippen LogP contribution in [0, 0.1) is 0 Å². The smallest absolute Gasteiger partial charge is 0.373 e. The maximum absolute atomic E-state index is 10.7. The van der Waals surface area contributed by atoms with Crippen molar-refractivity contribution in [2.45, 2.75) is 13.8 Å². The van der Waals surface area contributed by atoms with Gasteiger partial charge in [0, 0.05) is 51.4 Å². The van der Waals surface area contributed by atoms with Crippen LogP contribution in [0.15, 0.2) is 11.8 Å². The van der Waals surface area contributed by atoms with Crippen molar-refractivity contribution < 1.29 is 24.2 Å². The van der Waals surface area contributed by atoms with Crippen molar-refractivity contribution in [2.24, 2.45) is 0 Å². The Kier molecular flexibility index (Phi) is 11.4. The summed E-state index contributed by atoms with van der Waals surface area (Å²) in [4.78, 5) is 21.4. The summed E-state index contributed by atoms with van der Waals surface area (Å²) >= 11 is 0. The van der Waals surface area contributed by atoms with Gasteiger partial charge in [-0.25, -0.2) is 9.59 Å². The van der Waals surface area contributed by atoms with Gasteiger partial charge in [-0.15, -0.1) is 0 Å². The van der Waals surface area contributed by atoms with Crippen LogP contribution in [0.5, 0.6) is 0 Å². The van der Waals surface area contributed by atoms with E-state index in [1.807, 2.05) is 0 Å². The van der Waals surface area contributed by atoms with Crippen molar-refractivity contribution in [3.63, 3.8) is 0 Å². The molecule has 0 heterocycles. The van der Waals surface area contributed by atoms with E-state index >= 15 is 0 Å². The van der Waals surface area contributed by atoms with E-state index in [1.54, 1.807) is 13.8 Å². The Bertz CT molecular complexity index is 224. The SMILES string of the molecule is CCOC(=O)/C=C(\O)C(=O)OCC.[K]. The second-order valence-corrected chi connectivity index (χ2v) is 2.00. The molecule has 0 amide bonds. The van der Waals surface area contributed by atoms with Crippen molar-refractivity contribution in [2.75, 3.05) is 13.2 Å². The molecular formula is C8H12KO5. The molecule has 0 spiro atoms. The van der Waals surface area contributed by atoms with Crippen molar-refractivity contribution in [1.29, 1.82) is 0 Å². The zero-order valence-corrected chi connectivity index (χ0v) is 11.7. The van der Waals surface area contributed by atoms with E-state index < -0.39 is 17.7 Å². The van der Waals surface area contributed by atoms with Gasteiger partial charge in [-0.3, -0.25) is 0 Å². The number of carbonyl (C=O) groups is 2. The fraction of sp³-hybridized carbons (Fsp3) is 0.500. The molecule has 0 rings (SSSR count). The van der Waals surface area contributed by atoms with Crippen LogP contribution in [0.2, 0.25) is 0 Å². The number of rotatable bonds is 4. The topological polar surface area (TPSA) is 72.8 Å². The molecule has 0 aromatic heterocycles. The largest absolute Gasteiger partial charge is 0.502 e. The van der Waals surface area contributed by atoms with Crippen LogP contribution < -0.4 is 0 Å². The minimum absolute atomic E-state index is 0. The Hall–Kier alpha value is 0.116. The monoisotopic (exact) mass is 227 g/mol. The van der Waals surface area contributed by atoms with Gasteiger partial charge in [-0.05, 0) is 13.8 Å². The molecule has 0 aromatic rings. The van der Waals surface area contributed by atoms with Gasteiger partial charge in [0.1, 0.15) is 0 Å². The van der Waals surface area contributed by atoms with E-state index in [2.05, 4.69) is 9.47 Å². The molecule has 1 N–H and O–H groups in total. The molecule has 0 aliphatic rings. The maximum Gasteiger partial charge on any atom is 0.373 e. The first kappa shape index (κ1) is 16.5. The molecule has 14 heavy (non-hydrogen) atoms. The first-order valence-electron chi connectivity index (χ1n) is 3.86. The van der Waals surface area contributed by atoms with Gasteiger partial charge < -0.3 is 14.6 Å². The number of hydrogen-bond acceptors (Lipinski definition) is 5. The Morgan fingerprint density at radius 2 is 1.71 bits per heavy atom. The first-order valence-corrected chi connectivity index (χ1v) is 3.86. The molecule has 0 aliphatic carbocycles. The van der Waals surface area contributed by atoms with Crippen LogP contribution in [-0.2, 0) is 19.1 Å². The Morgan fingerprint density at radius 1 is 1.21 bits per heavy atom. The standard InChI is InChI=1S/C8H12O5.K/c1-3-12-7(10)5-6(9)8(11)13-4-2;/h5,9H,3-4H2,1-2H3;/b6-5-;. The minimum Gasteiger partial charge on any atom is -0.502 e. The summed E-state index contributed by atoms with van der Waals surface area (Å²) in [5.41, 5.74) is 0. The number of carbonyl (C=O) groups excluding carboxylic acids is 2. The van der Waals surface area contributed by atoms with Gasteiger partial charge in [0.25, 0.3) is 0 Å². The van der Waals surface area contributed by atoms with Crippen molar-refractivity contribution in [3.05, 3.63) is 11.8 Å². The van der Waals surface area contributed by atoms with E-state index in [9.17, 15) is 9.59 Å². The van der Waals surface area contributed by atoms with Crippen LogP contribution in [0.1, 0.15) is 13.8 Å². The third-order valence-electron chi connectivity index (χ3n) is 1.03. The quantitative estimate of drug-likeness (QED) is 0.321. The molecule has 0 saturated carbocycles. The van der Waals surface area contributed by atoms with E-state index in [1.165, 1.54) is 0 Å². The van der Waals surface area contributed by atoms with Crippen LogP contribution in [0.4, 0.5) is 0 Å². The number of ether oxygens (including phenoxy) is 2. The molecule has 0 atom stereocenters. The molecule has 6 heteroatoms. The molecule has 5 nitrogen and oxygen atoms in total. The van der Waals surface area contributed by atoms with E-state index in [-0.39, 0.29) is 64.6 Å². The molecule has 1 radical (unpaired) electrons. The van der Waals surface area contributed by atoms with Crippen molar-refractivity contribution in [1.82, 2.24) is 0 Å².